The number of ether oxygens (including phenoxy) is 1. The summed E-state index contributed by atoms with van der Waals surface area (Å²) in [6.07, 6.45) is -0.282. The minimum atomic E-state index is -1.05. The SMILES string of the molecule is COCC(C)(CC(=O)O)NC(=O)Cn1c(=O)[nH]c2ccccc21. The van der Waals surface area contributed by atoms with Crippen molar-refractivity contribution in [2.45, 2.75) is 25.4 Å². The molecule has 0 bridgehead atoms. The number of para-hydroxylation sites is 2. The van der Waals surface area contributed by atoms with Crippen molar-refractivity contribution in [2.75, 3.05) is 13.7 Å². The number of carboxylic acids is 1. The Morgan fingerprint density at radius 2 is 2.09 bits per heavy atom. The monoisotopic (exact) mass is 321 g/mol. The number of hydrogen-bond acceptors (Lipinski definition) is 4. The first kappa shape index (κ1) is 16.8. The average Bonchev–Trinajstić information content (AvgIpc) is 2.74. The summed E-state index contributed by atoms with van der Waals surface area (Å²) in [5, 5.41) is 11.6. The third-order valence-electron chi connectivity index (χ3n) is 3.43. The number of nitrogens with one attached hydrogen (secondary N) is 2. The van der Waals surface area contributed by atoms with E-state index in [1.54, 1.807) is 31.2 Å². The molecule has 1 heterocycles. The molecule has 0 radical (unpaired) electrons. The fourth-order valence-electron chi connectivity index (χ4n) is 2.57. The van der Waals surface area contributed by atoms with Gasteiger partial charge in [0.05, 0.1) is 29.6 Å². The van der Waals surface area contributed by atoms with Crippen LogP contribution in [-0.4, -0.2) is 45.8 Å². The number of H-pyrrole nitrogens is 1. The van der Waals surface area contributed by atoms with E-state index >= 15 is 0 Å². The van der Waals surface area contributed by atoms with Gasteiger partial charge in [-0.2, -0.15) is 0 Å². The lowest BCUT2D eigenvalue weighted by molar-refractivity contribution is -0.139. The van der Waals surface area contributed by atoms with Crippen LogP contribution in [0, 0.1) is 0 Å². The summed E-state index contributed by atoms with van der Waals surface area (Å²) in [5.74, 6) is -1.51. The van der Waals surface area contributed by atoms with Gasteiger partial charge in [0.1, 0.15) is 6.54 Å². The Morgan fingerprint density at radius 3 is 2.74 bits per heavy atom. The number of aromatic nitrogens is 2. The predicted molar refractivity (Wildman–Crippen MR) is 83.2 cm³/mol. The molecule has 1 aromatic heterocycles. The normalized spacial score (nSPS) is 13.7. The third kappa shape index (κ3) is 3.98. The first-order valence-electron chi connectivity index (χ1n) is 7.04. The van der Waals surface area contributed by atoms with E-state index in [-0.39, 0.29) is 19.6 Å². The van der Waals surface area contributed by atoms with Gasteiger partial charge in [0.25, 0.3) is 0 Å². The summed E-state index contributed by atoms with van der Waals surface area (Å²) in [5.41, 5.74) is -0.198. The molecule has 0 fully saturated rings. The first-order valence-corrected chi connectivity index (χ1v) is 7.04. The number of benzene rings is 1. The lowest BCUT2D eigenvalue weighted by Gasteiger charge is -2.28. The molecular formula is C15H19N3O5. The first-order chi connectivity index (χ1) is 10.8. The number of nitrogens with zero attached hydrogens (tertiary/aromatic N) is 1. The molecule has 0 aliphatic carbocycles. The average molecular weight is 321 g/mol. The fourth-order valence-corrected chi connectivity index (χ4v) is 2.57. The van der Waals surface area contributed by atoms with Crippen LogP contribution in [0.15, 0.2) is 29.1 Å². The quantitative estimate of drug-likeness (QED) is 0.680. The van der Waals surface area contributed by atoms with Gasteiger partial charge in [-0.05, 0) is 19.1 Å². The maximum atomic E-state index is 12.2. The van der Waals surface area contributed by atoms with Crippen LogP contribution >= 0.6 is 0 Å². The van der Waals surface area contributed by atoms with E-state index in [1.807, 2.05) is 0 Å². The molecule has 0 saturated carbocycles. The summed E-state index contributed by atoms with van der Waals surface area (Å²) >= 11 is 0. The summed E-state index contributed by atoms with van der Waals surface area (Å²) in [4.78, 5) is 37.8. The molecule has 1 unspecified atom stereocenters. The second kappa shape index (κ2) is 6.66. The number of aromatic amines is 1. The van der Waals surface area contributed by atoms with Gasteiger partial charge in [0.15, 0.2) is 0 Å². The largest absolute Gasteiger partial charge is 0.481 e. The van der Waals surface area contributed by atoms with Gasteiger partial charge in [-0.3, -0.25) is 14.2 Å². The van der Waals surface area contributed by atoms with Crippen molar-refractivity contribution in [3.05, 3.63) is 34.7 Å². The number of rotatable bonds is 7. The van der Waals surface area contributed by atoms with Crippen molar-refractivity contribution in [2.24, 2.45) is 0 Å². The zero-order valence-corrected chi connectivity index (χ0v) is 13.0. The van der Waals surface area contributed by atoms with E-state index in [1.165, 1.54) is 11.7 Å². The van der Waals surface area contributed by atoms with Crippen molar-refractivity contribution in [3.63, 3.8) is 0 Å². The molecule has 8 nitrogen and oxygen atoms in total. The zero-order valence-electron chi connectivity index (χ0n) is 13.0. The molecule has 0 spiro atoms. The molecule has 0 aliphatic rings. The number of amides is 1. The van der Waals surface area contributed by atoms with E-state index in [4.69, 9.17) is 9.84 Å². The number of methoxy groups -OCH3 is 1. The predicted octanol–water partition coefficient (Wildman–Crippen LogP) is 0.326. The van der Waals surface area contributed by atoms with Crippen molar-refractivity contribution in [1.82, 2.24) is 14.9 Å². The van der Waals surface area contributed by atoms with Crippen LogP contribution in [0.4, 0.5) is 0 Å². The summed E-state index contributed by atoms with van der Waals surface area (Å²) < 4.78 is 6.29. The van der Waals surface area contributed by atoms with Gasteiger partial charge in [0, 0.05) is 7.11 Å². The number of imidazole rings is 1. The number of aliphatic carboxylic acids is 1. The van der Waals surface area contributed by atoms with Crippen molar-refractivity contribution < 1.29 is 19.4 Å². The lowest BCUT2D eigenvalue weighted by Crippen LogP contribution is -2.52. The maximum Gasteiger partial charge on any atom is 0.326 e. The number of carbonyl (C=O) groups excluding carboxylic acids is 1. The molecule has 23 heavy (non-hydrogen) atoms. The highest BCUT2D eigenvalue weighted by atomic mass is 16.5. The van der Waals surface area contributed by atoms with Crippen LogP contribution in [0.25, 0.3) is 11.0 Å². The van der Waals surface area contributed by atoms with Crippen molar-refractivity contribution in [1.29, 1.82) is 0 Å². The van der Waals surface area contributed by atoms with Gasteiger partial charge in [-0.25, -0.2) is 4.79 Å². The van der Waals surface area contributed by atoms with Crippen LogP contribution in [0.2, 0.25) is 0 Å². The van der Waals surface area contributed by atoms with E-state index in [9.17, 15) is 14.4 Å². The Balaban J connectivity index is 2.18. The molecule has 1 atom stereocenters. The van der Waals surface area contributed by atoms with E-state index < -0.39 is 23.1 Å². The molecule has 8 heteroatoms. The highest BCUT2D eigenvalue weighted by molar-refractivity contribution is 5.81. The minimum Gasteiger partial charge on any atom is -0.481 e. The van der Waals surface area contributed by atoms with Gasteiger partial charge in [-0.15, -0.1) is 0 Å². The Morgan fingerprint density at radius 1 is 1.39 bits per heavy atom. The topological polar surface area (TPSA) is 113 Å². The van der Waals surface area contributed by atoms with Crippen LogP contribution in [0.3, 0.4) is 0 Å². The smallest absolute Gasteiger partial charge is 0.326 e. The molecule has 1 amide bonds. The summed E-state index contributed by atoms with van der Waals surface area (Å²) in [7, 11) is 1.43. The maximum absolute atomic E-state index is 12.2. The number of carbonyl (C=O) groups is 2. The fraction of sp³-hybridized carbons (Fsp3) is 0.400. The highest BCUT2D eigenvalue weighted by Gasteiger charge is 2.29. The van der Waals surface area contributed by atoms with Crippen molar-refractivity contribution >= 4 is 22.9 Å². The van der Waals surface area contributed by atoms with Crippen LogP contribution in [0.1, 0.15) is 13.3 Å². The Hall–Kier alpha value is -2.61. The van der Waals surface area contributed by atoms with E-state index in [0.717, 1.165) is 0 Å². The van der Waals surface area contributed by atoms with Gasteiger partial charge in [0.2, 0.25) is 5.91 Å². The van der Waals surface area contributed by atoms with Gasteiger partial charge < -0.3 is 20.1 Å². The number of hydrogen-bond donors (Lipinski definition) is 3. The van der Waals surface area contributed by atoms with Crippen molar-refractivity contribution in [3.8, 4) is 0 Å². The standard InChI is InChI=1S/C15H19N3O5/c1-15(9-23-2,7-13(20)21)17-12(19)8-18-11-6-4-3-5-10(11)16-14(18)22/h3-6H,7-9H2,1-2H3,(H,16,22)(H,17,19)(H,20,21). The molecule has 3 N–H and O–H groups in total. The summed E-state index contributed by atoms with van der Waals surface area (Å²) in [6, 6.07) is 7.02. The molecule has 124 valence electrons. The Bertz CT molecular complexity index is 779. The van der Waals surface area contributed by atoms with Gasteiger partial charge in [-0.1, -0.05) is 12.1 Å². The Labute approximate surface area is 132 Å². The van der Waals surface area contributed by atoms with Crippen LogP contribution in [0.5, 0.6) is 0 Å². The number of carboxylic acid groups (broad SMARTS) is 1. The molecule has 0 aliphatic heterocycles. The zero-order chi connectivity index (χ0) is 17.0. The number of fused-ring (bicyclic) bond motifs is 1. The highest BCUT2D eigenvalue weighted by Crippen LogP contribution is 2.12. The van der Waals surface area contributed by atoms with Crippen LogP contribution in [-0.2, 0) is 20.9 Å². The minimum absolute atomic E-state index is 0.0494. The second-order valence-corrected chi connectivity index (χ2v) is 5.65. The van der Waals surface area contributed by atoms with E-state index in [0.29, 0.717) is 11.0 Å². The lowest BCUT2D eigenvalue weighted by atomic mass is 9.99. The second-order valence-electron chi connectivity index (χ2n) is 5.65. The molecule has 2 aromatic rings. The molecular weight excluding hydrogens is 302 g/mol. The summed E-state index contributed by atoms with van der Waals surface area (Å²) in [6.45, 7) is 1.43. The van der Waals surface area contributed by atoms with E-state index in [2.05, 4.69) is 10.3 Å². The Kier molecular flexibility index (Phi) is 4.85. The van der Waals surface area contributed by atoms with Crippen LogP contribution < -0.4 is 11.0 Å². The molecule has 2 rings (SSSR count). The molecule has 0 saturated heterocycles. The van der Waals surface area contributed by atoms with Gasteiger partial charge >= 0.3 is 11.7 Å². The molecule has 1 aromatic carbocycles. The third-order valence-corrected chi connectivity index (χ3v) is 3.43.